The second-order valence-corrected chi connectivity index (χ2v) is 5.94. The van der Waals surface area contributed by atoms with Crippen LogP contribution in [0.5, 0.6) is 0 Å². The number of aliphatic hydroxyl groups is 1. The standard InChI is InChI=1S/C17H20FN3O3/c18-13-8-6-12(7-9-13)17-19-15(24-20-17)4-1-5-16(23)21-10-2-3-14(21)11-22/h6-9,14,22H,1-5,10-11H2/t14-/m1/s1. The van der Waals surface area contributed by atoms with Gasteiger partial charge in [-0.15, -0.1) is 0 Å². The van der Waals surface area contributed by atoms with Gasteiger partial charge < -0.3 is 14.5 Å². The van der Waals surface area contributed by atoms with Crippen molar-refractivity contribution < 1.29 is 18.8 Å². The third-order valence-electron chi connectivity index (χ3n) is 4.26. The predicted octanol–water partition coefficient (Wildman–Crippen LogP) is 2.18. The van der Waals surface area contributed by atoms with Gasteiger partial charge in [0.05, 0.1) is 12.6 Å². The van der Waals surface area contributed by atoms with Gasteiger partial charge in [0.15, 0.2) is 0 Å². The number of rotatable bonds is 6. The Morgan fingerprint density at radius 1 is 1.38 bits per heavy atom. The van der Waals surface area contributed by atoms with E-state index in [2.05, 4.69) is 10.1 Å². The summed E-state index contributed by atoms with van der Waals surface area (Å²) in [7, 11) is 0. The molecule has 7 heteroatoms. The van der Waals surface area contributed by atoms with Crippen LogP contribution in [0.15, 0.2) is 28.8 Å². The quantitative estimate of drug-likeness (QED) is 0.876. The zero-order valence-corrected chi connectivity index (χ0v) is 13.3. The van der Waals surface area contributed by atoms with Crippen molar-refractivity contribution in [1.29, 1.82) is 0 Å². The molecule has 128 valence electrons. The lowest BCUT2D eigenvalue weighted by atomic mass is 10.2. The molecule has 1 aromatic heterocycles. The van der Waals surface area contributed by atoms with Crippen molar-refractivity contribution in [3.8, 4) is 11.4 Å². The molecule has 1 aliphatic heterocycles. The van der Waals surface area contributed by atoms with Gasteiger partial charge in [0.1, 0.15) is 5.82 Å². The second kappa shape index (κ2) is 7.53. The summed E-state index contributed by atoms with van der Waals surface area (Å²) >= 11 is 0. The van der Waals surface area contributed by atoms with E-state index in [1.165, 1.54) is 12.1 Å². The SMILES string of the molecule is O=C(CCCc1nc(-c2ccc(F)cc2)no1)N1CCC[C@@H]1CO. The molecule has 1 saturated heterocycles. The van der Waals surface area contributed by atoms with E-state index < -0.39 is 0 Å². The highest BCUT2D eigenvalue weighted by atomic mass is 19.1. The second-order valence-electron chi connectivity index (χ2n) is 5.94. The van der Waals surface area contributed by atoms with Gasteiger partial charge in [0.2, 0.25) is 17.6 Å². The van der Waals surface area contributed by atoms with E-state index in [9.17, 15) is 14.3 Å². The van der Waals surface area contributed by atoms with E-state index in [4.69, 9.17) is 4.52 Å². The number of nitrogens with zero attached hydrogens (tertiary/aromatic N) is 3. The molecular formula is C17H20FN3O3. The Kier molecular flexibility index (Phi) is 5.20. The van der Waals surface area contributed by atoms with Crippen molar-refractivity contribution in [2.75, 3.05) is 13.2 Å². The van der Waals surface area contributed by atoms with Gasteiger partial charge in [-0.05, 0) is 43.5 Å². The summed E-state index contributed by atoms with van der Waals surface area (Å²) < 4.78 is 18.1. The average molecular weight is 333 g/mol. The Hall–Kier alpha value is -2.28. The molecular weight excluding hydrogens is 313 g/mol. The Morgan fingerprint density at radius 3 is 2.92 bits per heavy atom. The zero-order chi connectivity index (χ0) is 16.9. The molecule has 0 spiro atoms. The van der Waals surface area contributed by atoms with Crippen molar-refractivity contribution in [3.05, 3.63) is 36.0 Å². The van der Waals surface area contributed by atoms with Gasteiger partial charge in [-0.2, -0.15) is 4.98 Å². The van der Waals surface area contributed by atoms with Crippen molar-refractivity contribution in [3.63, 3.8) is 0 Å². The summed E-state index contributed by atoms with van der Waals surface area (Å²) in [4.78, 5) is 18.2. The summed E-state index contributed by atoms with van der Waals surface area (Å²) in [6.07, 6.45) is 3.33. The molecule has 1 aliphatic rings. The van der Waals surface area contributed by atoms with Crippen molar-refractivity contribution >= 4 is 5.91 Å². The maximum absolute atomic E-state index is 12.9. The fraction of sp³-hybridized carbons (Fsp3) is 0.471. The van der Waals surface area contributed by atoms with Crippen LogP contribution in [0.25, 0.3) is 11.4 Å². The van der Waals surface area contributed by atoms with Gasteiger partial charge in [-0.1, -0.05) is 5.16 Å². The van der Waals surface area contributed by atoms with E-state index in [-0.39, 0.29) is 24.4 Å². The number of hydrogen-bond donors (Lipinski definition) is 1. The van der Waals surface area contributed by atoms with Crippen LogP contribution in [-0.4, -0.2) is 45.2 Å². The summed E-state index contributed by atoms with van der Waals surface area (Å²) in [6, 6.07) is 5.84. The fourth-order valence-corrected chi connectivity index (χ4v) is 2.96. The van der Waals surface area contributed by atoms with Crippen LogP contribution in [0.3, 0.4) is 0 Å². The molecule has 1 aromatic carbocycles. The largest absolute Gasteiger partial charge is 0.394 e. The molecule has 0 aliphatic carbocycles. The minimum absolute atomic E-state index is 0.0242. The monoisotopic (exact) mass is 333 g/mol. The number of amides is 1. The van der Waals surface area contributed by atoms with Crippen molar-refractivity contribution in [2.24, 2.45) is 0 Å². The molecule has 1 N–H and O–H groups in total. The summed E-state index contributed by atoms with van der Waals surface area (Å²) in [5, 5.41) is 13.1. The maximum Gasteiger partial charge on any atom is 0.226 e. The lowest BCUT2D eigenvalue weighted by molar-refractivity contribution is -0.132. The average Bonchev–Trinajstić information content (AvgIpc) is 3.24. The van der Waals surface area contributed by atoms with E-state index in [1.54, 1.807) is 17.0 Å². The predicted molar refractivity (Wildman–Crippen MR) is 84.5 cm³/mol. The van der Waals surface area contributed by atoms with E-state index in [0.29, 0.717) is 36.5 Å². The third-order valence-corrected chi connectivity index (χ3v) is 4.26. The number of aryl methyl sites for hydroxylation is 1. The number of halogens is 1. The maximum atomic E-state index is 12.9. The first-order valence-corrected chi connectivity index (χ1v) is 8.16. The van der Waals surface area contributed by atoms with E-state index in [0.717, 1.165) is 19.4 Å². The molecule has 0 bridgehead atoms. The highest BCUT2D eigenvalue weighted by molar-refractivity contribution is 5.76. The molecule has 6 nitrogen and oxygen atoms in total. The lowest BCUT2D eigenvalue weighted by Crippen LogP contribution is -2.37. The van der Waals surface area contributed by atoms with Crippen LogP contribution in [-0.2, 0) is 11.2 Å². The van der Waals surface area contributed by atoms with E-state index >= 15 is 0 Å². The lowest BCUT2D eigenvalue weighted by Gasteiger charge is -2.22. The molecule has 3 rings (SSSR count). The molecule has 2 aromatic rings. The van der Waals surface area contributed by atoms with Crippen molar-refractivity contribution in [1.82, 2.24) is 15.0 Å². The van der Waals surface area contributed by atoms with Crippen LogP contribution in [0.1, 0.15) is 31.6 Å². The number of aromatic nitrogens is 2. The molecule has 0 unspecified atom stereocenters. The Bertz CT molecular complexity index is 687. The number of likely N-dealkylation sites (tertiary alicyclic amines) is 1. The highest BCUT2D eigenvalue weighted by Crippen LogP contribution is 2.19. The smallest absolute Gasteiger partial charge is 0.226 e. The summed E-state index contributed by atoms with van der Waals surface area (Å²) in [6.45, 7) is 0.746. The summed E-state index contributed by atoms with van der Waals surface area (Å²) in [5.41, 5.74) is 0.685. The van der Waals surface area contributed by atoms with Gasteiger partial charge in [-0.3, -0.25) is 4.79 Å². The molecule has 1 amide bonds. The Morgan fingerprint density at radius 2 is 2.17 bits per heavy atom. The number of carbonyl (C=O) groups excluding carboxylic acids is 1. The Balaban J connectivity index is 1.50. The van der Waals surface area contributed by atoms with Gasteiger partial charge in [0, 0.05) is 24.9 Å². The number of benzene rings is 1. The van der Waals surface area contributed by atoms with Crippen LogP contribution in [0.2, 0.25) is 0 Å². The molecule has 24 heavy (non-hydrogen) atoms. The summed E-state index contributed by atoms with van der Waals surface area (Å²) in [5.74, 6) is 0.618. The van der Waals surface area contributed by atoms with Crippen LogP contribution in [0.4, 0.5) is 4.39 Å². The zero-order valence-electron chi connectivity index (χ0n) is 13.3. The fourth-order valence-electron chi connectivity index (χ4n) is 2.96. The van der Waals surface area contributed by atoms with E-state index in [1.807, 2.05) is 0 Å². The minimum Gasteiger partial charge on any atom is -0.394 e. The molecule has 0 saturated carbocycles. The first-order valence-electron chi connectivity index (χ1n) is 8.16. The molecule has 0 radical (unpaired) electrons. The topological polar surface area (TPSA) is 79.5 Å². The first kappa shape index (κ1) is 16.6. The van der Waals surface area contributed by atoms with Gasteiger partial charge >= 0.3 is 0 Å². The van der Waals surface area contributed by atoms with Gasteiger partial charge in [0.25, 0.3) is 0 Å². The number of carbonyl (C=O) groups is 1. The molecule has 1 fully saturated rings. The van der Waals surface area contributed by atoms with Crippen LogP contribution < -0.4 is 0 Å². The Labute approximate surface area is 139 Å². The molecule has 1 atom stereocenters. The molecule has 2 heterocycles. The highest BCUT2D eigenvalue weighted by Gasteiger charge is 2.27. The number of hydrogen-bond acceptors (Lipinski definition) is 5. The van der Waals surface area contributed by atoms with Crippen LogP contribution >= 0.6 is 0 Å². The van der Waals surface area contributed by atoms with Crippen molar-refractivity contribution in [2.45, 2.75) is 38.1 Å². The van der Waals surface area contributed by atoms with Crippen LogP contribution in [0, 0.1) is 5.82 Å². The number of aliphatic hydroxyl groups excluding tert-OH is 1. The third kappa shape index (κ3) is 3.79. The van der Waals surface area contributed by atoms with Gasteiger partial charge in [-0.25, -0.2) is 4.39 Å². The first-order chi connectivity index (χ1) is 11.7. The normalized spacial score (nSPS) is 17.4. The minimum atomic E-state index is -0.316.